The smallest absolute Gasteiger partial charge is 0.126 e. The van der Waals surface area contributed by atoms with Crippen LogP contribution in [0, 0.1) is 5.82 Å². The molecule has 0 aliphatic carbocycles. The van der Waals surface area contributed by atoms with Gasteiger partial charge in [0.1, 0.15) is 11.6 Å². The van der Waals surface area contributed by atoms with Crippen molar-refractivity contribution in [3.63, 3.8) is 0 Å². The van der Waals surface area contributed by atoms with Crippen LogP contribution in [0.2, 0.25) is 0 Å². The molecule has 0 aliphatic heterocycles. The van der Waals surface area contributed by atoms with E-state index < -0.39 is 0 Å². The summed E-state index contributed by atoms with van der Waals surface area (Å²) in [6, 6.07) is 6.11. The van der Waals surface area contributed by atoms with E-state index in [0.717, 1.165) is 17.8 Å². The molecule has 2 rings (SSSR count). The molecular formula is C13H14FNO2S. The standard InChI is InChI=1S/C13H14FNO2S/c14-10-3-1-4-12(7-10)17-6-2-5-13-15-11(8-16)9-18-13/h1,3-4,7,9,16H,2,5-6,8H2. The average Bonchev–Trinajstić information content (AvgIpc) is 2.83. The second kappa shape index (κ2) is 6.47. The number of ether oxygens (including phenoxy) is 1. The maximum absolute atomic E-state index is 12.9. The molecule has 0 amide bonds. The molecular weight excluding hydrogens is 253 g/mol. The highest BCUT2D eigenvalue weighted by molar-refractivity contribution is 7.09. The van der Waals surface area contributed by atoms with Gasteiger partial charge in [-0.1, -0.05) is 6.07 Å². The van der Waals surface area contributed by atoms with Gasteiger partial charge in [-0.25, -0.2) is 9.37 Å². The van der Waals surface area contributed by atoms with E-state index in [9.17, 15) is 4.39 Å². The lowest BCUT2D eigenvalue weighted by Crippen LogP contribution is -1.99. The zero-order valence-corrected chi connectivity index (χ0v) is 10.6. The van der Waals surface area contributed by atoms with Crippen LogP contribution in [0.25, 0.3) is 0 Å². The molecule has 0 atom stereocenters. The third-order valence-corrected chi connectivity index (χ3v) is 3.32. The van der Waals surface area contributed by atoms with Gasteiger partial charge in [0.05, 0.1) is 23.9 Å². The average molecular weight is 267 g/mol. The Kier molecular flexibility index (Phi) is 4.66. The molecule has 0 saturated heterocycles. The molecule has 1 N–H and O–H groups in total. The Bertz CT molecular complexity index is 501. The lowest BCUT2D eigenvalue weighted by atomic mass is 10.3. The van der Waals surface area contributed by atoms with Crippen LogP contribution in [-0.2, 0) is 13.0 Å². The molecule has 1 heterocycles. The molecule has 0 unspecified atom stereocenters. The second-order valence-electron chi connectivity index (χ2n) is 3.80. The van der Waals surface area contributed by atoms with Crippen LogP contribution in [-0.4, -0.2) is 16.7 Å². The second-order valence-corrected chi connectivity index (χ2v) is 4.74. The number of aliphatic hydroxyl groups excluding tert-OH is 1. The van der Waals surface area contributed by atoms with Gasteiger partial charge in [-0.2, -0.15) is 0 Å². The van der Waals surface area contributed by atoms with E-state index in [1.54, 1.807) is 12.1 Å². The van der Waals surface area contributed by atoms with E-state index in [0.29, 0.717) is 18.1 Å². The molecule has 0 radical (unpaired) electrons. The predicted octanol–water partition coefficient (Wildman–Crippen LogP) is 2.79. The van der Waals surface area contributed by atoms with Gasteiger partial charge in [0.15, 0.2) is 0 Å². The number of rotatable bonds is 6. The Morgan fingerprint density at radius 2 is 2.28 bits per heavy atom. The lowest BCUT2D eigenvalue weighted by molar-refractivity contribution is 0.277. The number of halogens is 1. The Balaban J connectivity index is 1.72. The van der Waals surface area contributed by atoms with Crippen molar-refractivity contribution in [2.45, 2.75) is 19.4 Å². The number of nitrogens with zero attached hydrogens (tertiary/aromatic N) is 1. The van der Waals surface area contributed by atoms with E-state index in [2.05, 4.69) is 4.98 Å². The monoisotopic (exact) mass is 267 g/mol. The van der Waals surface area contributed by atoms with Crippen LogP contribution < -0.4 is 4.74 Å². The van der Waals surface area contributed by atoms with Gasteiger partial charge in [0.2, 0.25) is 0 Å². The number of hydrogen-bond acceptors (Lipinski definition) is 4. The number of aromatic nitrogens is 1. The Hall–Kier alpha value is -1.46. The molecule has 18 heavy (non-hydrogen) atoms. The molecule has 0 saturated carbocycles. The minimum atomic E-state index is -0.292. The minimum Gasteiger partial charge on any atom is -0.493 e. The molecule has 0 aliphatic rings. The summed E-state index contributed by atoms with van der Waals surface area (Å²) in [6.45, 7) is 0.508. The molecule has 5 heteroatoms. The molecule has 1 aromatic carbocycles. The normalized spacial score (nSPS) is 10.6. The van der Waals surface area contributed by atoms with Crippen molar-refractivity contribution < 1.29 is 14.2 Å². The third-order valence-electron chi connectivity index (χ3n) is 2.36. The van der Waals surface area contributed by atoms with Gasteiger partial charge in [0, 0.05) is 17.9 Å². The quantitative estimate of drug-likeness (QED) is 0.818. The number of thiazole rings is 1. The van der Waals surface area contributed by atoms with Crippen molar-refractivity contribution >= 4 is 11.3 Å². The zero-order chi connectivity index (χ0) is 12.8. The highest BCUT2D eigenvalue weighted by atomic mass is 32.1. The predicted molar refractivity (Wildman–Crippen MR) is 68.3 cm³/mol. The Labute approximate surface area is 109 Å². The summed E-state index contributed by atoms with van der Waals surface area (Å²) in [5, 5.41) is 11.7. The summed E-state index contributed by atoms with van der Waals surface area (Å²) in [5.41, 5.74) is 0.709. The maximum atomic E-state index is 12.9. The van der Waals surface area contributed by atoms with Gasteiger partial charge in [-0.3, -0.25) is 0 Å². The lowest BCUT2D eigenvalue weighted by Gasteiger charge is -2.04. The number of hydrogen-bond donors (Lipinski definition) is 1. The van der Waals surface area contributed by atoms with Crippen LogP contribution in [0.5, 0.6) is 5.75 Å². The van der Waals surface area contributed by atoms with Crippen LogP contribution >= 0.6 is 11.3 Å². The highest BCUT2D eigenvalue weighted by Crippen LogP contribution is 2.14. The molecule has 3 nitrogen and oxygen atoms in total. The third kappa shape index (κ3) is 3.78. The van der Waals surface area contributed by atoms with Gasteiger partial charge in [-0.05, 0) is 18.6 Å². The first-order valence-corrected chi connectivity index (χ1v) is 6.58. The Morgan fingerprint density at radius 1 is 1.39 bits per heavy atom. The number of benzene rings is 1. The summed E-state index contributed by atoms with van der Waals surface area (Å²) >= 11 is 1.54. The van der Waals surface area contributed by atoms with E-state index in [-0.39, 0.29) is 12.4 Å². The highest BCUT2D eigenvalue weighted by Gasteiger charge is 2.01. The fraction of sp³-hybridized carbons (Fsp3) is 0.308. The van der Waals surface area contributed by atoms with Crippen LogP contribution in [0.3, 0.4) is 0 Å². The molecule has 0 bridgehead atoms. The SMILES string of the molecule is OCc1csc(CCCOc2cccc(F)c2)n1. The number of aliphatic hydroxyl groups is 1. The minimum absolute atomic E-state index is 0.0176. The van der Waals surface area contributed by atoms with E-state index in [1.807, 2.05) is 5.38 Å². The van der Waals surface area contributed by atoms with Gasteiger partial charge in [-0.15, -0.1) is 11.3 Å². The summed E-state index contributed by atoms with van der Waals surface area (Å²) in [4.78, 5) is 4.24. The van der Waals surface area contributed by atoms with Crippen molar-refractivity contribution in [2.24, 2.45) is 0 Å². The van der Waals surface area contributed by atoms with Gasteiger partial charge in [0.25, 0.3) is 0 Å². The first-order chi connectivity index (χ1) is 8.78. The Morgan fingerprint density at radius 3 is 3.00 bits per heavy atom. The number of aryl methyl sites for hydroxylation is 1. The summed E-state index contributed by atoms with van der Waals surface area (Å²) in [7, 11) is 0. The van der Waals surface area contributed by atoms with Crippen LogP contribution in [0.4, 0.5) is 4.39 Å². The van der Waals surface area contributed by atoms with E-state index in [4.69, 9.17) is 9.84 Å². The fourth-order valence-corrected chi connectivity index (χ4v) is 2.34. The van der Waals surface area contributed by atoms with Crippen molar-refractivity contribution in [1.82, 2.24) is 4.98 Å². The zero-order valence-electron chi connectivity index (χ0n) is 9.80. The summed E-state index contributed by atoms with van der Waals surface area (Å²) in [6.07, 6.45) is 1.62. The largest absolute Gasteiger partial charge is 0.493 e. The van der Waals surface area contributed by atoms with Crippen LogP contribution in [0.1, 0.15) is 17.1 Å². The molecule has 0 fully saturated rings. The van der Waals surface area contributed by atoms with Crippen molar-refractivity contribution in [3.05, 3.63) is 46.2 Å². The molecule has 1 aromatic heterocycles. The first kappa shape index (κ1) is 13.0. The summed E-state index contributed by atoms with van der Waals surface area (Å²) in [5.74, 6) is 0.255. The van der Waals surface area contributed by atoms with Crippen LogP contribution in [0.15, 0.2) is 29.6 Å². The van der Waals surface area contributed by atoms with Crippen molar-refractivity contribution in [2.75, 3.05) is 6.61 Å². The topological polar surface area (TPSA) is 42.4 Å². The van der Waals surface area contributed by atoms with E-state index >= 15 is 0 Å². The summed E-state index contributed by atoms with van der Waals surface area (Å²) < 4.78 is 18.3. The van der Waals surface area contributed by atoms with Crippen molar-refractivity contribution in [1.29, 1.82) is 0 Å². The molecule has 0 spiro atoms. The fourth-order valence-electron chi connectivity index (χ4n) is 1.51. The maximum Gasteiger partial charge on any atom is 0.126 e. The van der Waals surface area contributed by atoms with Gasteiger partial charge >= 0.3 is 0 Å². The van der Waals surface area contributed by atoms with E-state index in [1.165, 1.54) is 23.5 Å². The first-order valence-electron chi connectivity index (χ1n) is 5.70. The van der Waals surface area contributed by atoms with Crippen molar-refractivity contribution in [3.8, 4) is 5.75 Å². The molecule has 2 aromatic rings. The molecule has 96 valence electrons. The van der Waals surface area contributed by atoms with Gasteiger partial charge < -0.3 is 9.84 Å².